The summed E-state index contributed by atoms with van der Waals surface area (Å²) in [6.07, 6.45) is 2.41. The number of carbonyl (C=O) groups is 1. The maximum Gasteiger partial charge on any atom is 0.289 e. The van der Waals surface area contributed by atoms with Crippen LogP contribution in [0, 0.1) is 12.8 Å². The number of ether oxygens (including phenoxy) is 1. The van der Waals surface area contributed by atoms with E-state index in [2.05, 4.69) is 6.92 Å². The minimum Gasteiger partial charge on any atom is -0.456 e. The maximum absolute atomic E-state index is 12.6. The first kappa shape index (κ1) is 18.4. The molecule has 0 radical (unpaired) electrons. The zero-order valence-corrected chi connectivity index (χ0v) is 14.9. The third-order valence-electron chi connectivity index (χ3n) is 4.01. The van der Waals surface area contributed by atoms with Crippen LogP contribution in [0.1, 0.15) is 41.6 Å². The zero-order valence-electron chi connectivity index (χ0n) is 14.0. The smallest absolute Gasteiger partial charge is 0.289 e. The summed E-state index contributed by atoms with van der Waals surface area (Å²) in [5.74, 6) is 3.09. The topological polar surface area (TPSA) is 62.9 Å². The standard InChI is InChI=1S/C17H27NO4S/c1-3-4-7-23-12-15-8-16(22-13(15)2)17(20)18-5-6-21-11-14(9-18)10-19/h8,14,19H,3-7,9-12H2,1-2H3. The number of rotatable bonds is 7. The molecule has 2 rings (SSSR count). The largest absolute Gasteiger partial charge is 0.456 e. The molecule has 1 aliphatic rings. The van der Waals surface area contributed by atoms with Crippen molar-refractivity contribution in [2.45, 2.75) is 32.4 Å². The number of aliphatic hydroxyl groups excluding tert-OH is 1. The number of hydrogen-bond donors (Lipinski definition) is 1. The number of unbranched alkanes of at least 4 members (excludes halogenated alkanes) is 1. The fourth-order valence-electron chi connectivity index (χ4n) is 2.53. The SMILES string of the molecule is CCCCSCc1cc(C(=O)N2CCOCC(CO)C2)oc1C. The molecule has 1 fully saturated rings. The predicted octanol–water partition coefficient (Wildman–Crippen LogP) is 2.70. The Hall–Kier alpha value is -0.980. The minimum absolute atomic E-state index is 0.0263. The second-order valence-electron chi connectivity index (χ2n) is 5.97. The molecule has 0 bridgehead atoms. The molecule has 1 aromatic rings. The van der Waals surface area contributed by atoms with E-state index in [4.69, 9.17) is 9.15 Å². The lowest BCUT2D eigenvalue weighted by Gasteiger charge is -2.21. The summed E-state index contributed by atoms with van der Waals surface area (Å²) in [6.45, 7) is 6.17. The monoisotopic (exact) mass is 341 g/mol. The molecule has 5 nitrogen and oxygen atoms in total. The van der Waals surface area contributed by atoms with Crippen molar-refractivity contribution < 1.29 is 19.1 Å². The fraction of sp³-hybridized carbons (Fsp3) is 0.706. The summed E-state index contributed by atoms with van der Waals surface area (Å²) in [5.41, 5.74) is 1.10. The van der Waals surface area contributed by atoms with Gasteiger partial charge in [-0.25, -0.2) is 0 Å². The van der Waals surface area contributed by atoms with Gasteiger partial charge in [-0.3, -0.25) is 4.79 Å². The first-order valence-electron chi connectivity index (χ1n) is 8.30. The molecule has 1 unspecified atom stereocenters. The van der Waals surface area contributed by atoms with Crippen LogP contribution in [0.15, 0.2) is 10.5 Å². The average molecular weight is 341 g/mol. The van der Waals surface area contributed by atoms with Gasteiger partial charge < -0.3 is 19.2 Å². The summed E-state index contributed by atoms with van der Waals surface area (Å²) < 4.78 is 11.1. The van der Waals surface area contributed by atoms with E-state index in [-0.39, 0.29) is 18.4 Å². The molecule has 0 aromatic carbocycles. The van der Waals surface area contributed by atoms with Crippen molar-refractivity contribution in [3.05, 3.63) is 23.2 Å². The lowest BCUT2D eigenvalue weighted by atomic mass is 10.1. The van der Waals surface area contributed by atoms with Crippen LogP contribution in [0.5, 0.6) is 0 Å². The van der Waals surface area contributed by atoms with Crippen molar-refractivity contribution in [2.75, 3.05) is 38.7 Å². The van der Waals surface area contributed by atoms with Gasteiger partial charge in [0.25, 0.3) is 5.91 Å². The van der Waals surface area contributed by atoms with Crippen molar-refractivity contribution in [3.63, 3.8) is 0 Å². The Morgan fingerprint density at radius 2 is 2.35 bits per heavy atom. The van der Waals surface area contributed by atoms with Crippen molar-refractivity contribution in [2.24, 2.45) is 5.92 Å². The minimum atomic E-state index is -0.109. The Balaban J connectivity index is 1.98. The molecular weight excluding hydrogens is 314 g/mol. The molecule has 130 valence electrons. The molecule has 1 N–H and O–H groups in total. The summed E-state index contributed by atoms with van der Waals surface area (Å²) >= 11 is 1.88. The Morgan fingerprint density at radius 1 is 1.52 bits per heavy atom. The molecule has 1 aliphatic heterocycles. The molecular formula is C17H27NO4S. The molecule has 1 amide bonds. The number of furan rings is 1. The van der Waals surface area contributed by atoms with Gasteiger partial charge in [0.15, 0.2) is 5.76 Å². The molecule has 23 heavy (non-hydrogen) atoms. The molecule has 0 aliphatic carbocycles. The van der Waals surface area contributed by atoms with Gasteiger partial charge in [-0.15, -0.1) is 0 Å². The Kier molecular flexibility index (Phi) is 7.46. The van der Waals surface area contributed by atoms with Crippen LogP contribution in [-0.4, -0.2) is 54.6 Å². The van der Waals surface area contributed by atoms with E-state index in [1.165, 1.54) is 12.8 Å². The number of nitrogens with zero attached hydrogens (tertiary/aromatic N) is 1. The number of aliphatic hydroxyl groups is 1. The van der Waals surface area contributed by atoms with Crippen LogP contribution in [0.2, 0.25) is 0 Å². The number of aryl methyl sites for hydroxylation is 1. The van der Waals surface area contributed by atoms with E-state index < -0.39 is 0 Å². The van der Waals surface area contributed by atoms with Gasteiger partial charge >= 0.3 is 0 Å². The highest BCUT2D eigenvalue weighted by molar-refractivity contribution is 7.98. The summed E-state index contributed by atoms with van der Waals surface area (Å²) in [7, 11) is 0. The van der Waals surface area contributed by atoms with Gasteiger partial charge in [-0.2, -0.15) is 11.8 Å². The van der Waals surface area contributed by atoms with Gasteiger partial charge in [0.1, 0.15) is 5.76 Å². The zero-order chi connectivity index (χ0) is 16.7. The highest BCUT2D eigenvalue weighted by Crippen LogP contribution is 2.22. The fourth-order valence-corrected chi connectivity index (χ4v) is 3.67. The molecule has 6 heteroatoms. The first-order chi connectivity index (χ1) is 11.2. The van der Waals surface area contributed by atoms with E-state index in [9.17, 15) is 9.90 Å². The summed E-state index contributed by atoms with van der Waals surface area (Å²) in [4.78, 5) is 14.4. The molecule has 1 atom stereocenters. The van der Waals surface area contributed by atoms with Gasteiger partial charge in [0, 0.05) is 36.9 Å². The van der Waals surface area contributed by atoms with Crippen LogP contribution in [0.3, 0.4) is 0 Å². The second kappa shape index (κ2) is 9.35. The molecule has 2 heterocycles. The van der Waals surface area contributed by atoms with Gasteiger partial charge in [-0.1, -0.05) is 13.3 Å². The lowest BCUT2D eigenvalue weighted by Crippen LogP contribution is -2.36. The van der Waals surface area contributed by atoms with Crippen molar-refractivity contribution in [1.29, 1.82) is 0 Å². The van der Waals surface area contributed by atoms with E-state index in [1.807, 2.05) is 24.8 Å². The van der Waals surface area contributed by atoms with Crippen molar-refractivity contribution in [1.82, 2.24) is 4.90 Å². The van der Waals surface area contributed by atoms with Crippen LogP contribution in [0.4, 0.5) is 0 Å². The number of carbonyl (C=O) groups excluding carboxylic acids is 1. The van der Waals surface area contributed by atoms with Crippen molar-refractivity contribution >= 4 is 17.7 Å². The van der Waals surface area contributed by atoms with Crippen LogP contribution in [-0.2, 0) is 10.5 Å². The average Bonchev–Trinajstić information content (AvgIpc) is 2.77. The summed E-state index contributed by atoms with van der Waals surface area (Å²) in [6, 6.07) is 1.87. The van der Waals surface area contributed by atoms with E-state index in [0.717, 1.165) is 22.8 Å². The second-order valence-corrected chi connectivity index (χ2v) is 7.08. The quantitative estimate of drug-likeness (QED) is 0.773. The Bertz CT molecular complexity index is 503. The van der Waals surface area contributed by atoms with Crippen LogP contribution in [0.25, 0.3) is 0 Å². The lowest BCUT2D eigenvalue weighted by molar-refractivity contribution is 0.0695. The maximum atomic E-state index is 12.6. The van der Waals surface area contributed by atoms with Gasteiger partial charge in [0.2, 0.25) is 0 Å². The Morgan fingerprint density at radius 3 is 3.09 bits per heavy atom. The van der Waals surface area contributed by atoms with Gasteiger partial charge in [0.05, 0.1) is 13.2 Å². The van der Waals surface area contributed by atoms with Crippen LogP contribution >= 0.6 is 11.8 Å². The van der Waals surface area contributed by atoms with E-state index >= 15 is 0 Å². The highest BCUT2D eigenvalue weighted by Gasteiger charge is 2.25. The third kappa shape index (κ3) is 5.26. The van der Waals surface area contributed by atoms with Crippen molar-refractivity contribution in [3.8, 4) is 0 Å². The molecule has 0 spiro atoms. The number of thioether (sulfide) groups is 1. The molecule has 1 aromatic heterocycles. The molecule has 1 saturated heterocycles. The predicted molar refractivity (Wildman–Crippen MR) is 91.8 cm³/mol. The first-order valence-corrected chi connectivity index (χ1v) is 9.46. The van der Waals surface area contributed by atoms with Crippen LogP contribution < -0.4 is 0 Å². The summed E-state index contributed by atoms with van der Waals surface area (Å²) in [5, 5.41) is 9.33. The Labute approximate surface area is 142 Å². The normalized spacial score (nSPS) is 18.9. The number of hydrogen-bond acceptors (Lipinski definition) is 5. The number of amides is 1. The highest BCUT2D eigenvalue weighted by atomic mass is 32.2. The third-order valence-corrected chi connectivity index (χ3v) is 5.11. The molecule has 0 saturated carbocycles. The van der Waals surface area contributed by atoms with E-state index in [0.29, 0.717) is 32.1 Å². The van der Waals surface area contributed by atoms with Gasteiger partial charge in [-0.05, 0) is 25.2 Å². The van der Waals surface area contributed by atoms with E-state index in [1.54, 1.807) is 4.90 Å².